The van der Waals surface area contributed by atoms with E-state index < -0.39 is 0 Å². The largest absolute Gasteiger partial charge is 0.337 e. The molecule has 1 heterocycles. The average molecular weight is 375 g/mol. The van der Waals surface area contributed by atoms with E-state index in [1.54, 1.807) is 0 Å². The van der Waals surface area contributed by atoms with Gasteiger partial charge in [0.25, 0.3) is 5.91 Å². The van der Waals surface area contributed by atoms with Crippen molar-refractivity contribution in [1.29, 1.82) is 0 Å². The van der Waals surface area contributed by atoms with Crippen molar-refractivity contribution in [2.45, 2.75) is 25.1 Å². The molecule has 0 saturated carbocycles. The van der Waals surface area contributed by atoms with Gasteiger partial charge < -0.3 is 4.90 Å². The quantitative estimate of drug-likeness (QED) is 0.680. The standard InChI is InChI=1S/C14H17Br2NO/c1-9-3-4-11(15)7-12(9)14(18)17-6-5-10(2)13(16)8-17/h3-4,7,10,13H,5-6,8H2,1-2H3. The Labute approximate surface area is 125 Å². The molecule has 18 heavy (non-hydrogen) atoms. The summed E-state index contributed by atoms with van der Waals surface area (Å²) in [5.74, 6) is 0.780. The zero-order chi connectivity index (χ0) is 13.3. The third-order valence-corrected chi connectivity index (χ3v) is 5.27. The molecule has 0 aromatic heterocycles. The van der Waals surface area contributed by atoms with Gasteiger partial charge in [-0.1, -0.05) is 44.8 Å². The lowest BCUT2D eigenvalue weighted by molar-refractivity contribution is 0.0705. The van der Waals surface area contributed by atoms with Crippen LogP contribution in [-0.2, 0) is 0 Å². The fraction of sp³-hybridized carbons (Fsp3) is 0.500. The number of alkyl halides is 1. The van der Waals surface area contributed by atoms with Crippen molar-refractivity contribution in [3.05, 3.63) is 33.8 Å². The predicted molar refractivity (Wildman–Crippen MR) is 81.3 cm³/mol. The lowest BCUT2D eigenvalue weighted by Gasteiger charge is -2.34. The van der Waals surface area contributed by atoms with Gasteiger partial charge >= 0.3 is 0 Å². The molecule has 1 aliphatic rings. The van der Waals surface area contributed by atoms with Crippen molar-refractivity contribution in [2.24, 2.45) is 5.92 Å². The number of likely N-dealkylation sites (tertiary alicyclic amines) is 1. The Kier molecular flexibility index (Phi) is 4.49. The van der Waals surface area contributed by atoms with Gasteiger partial charge in [-0.05, 0) is 37.0 Å². The fourth-order valence-electron chi connectivity index (χ4n) is 2.20. The number of amides is 1. The summed E-state index contributed by atoms with van der Waals surface area (Å²) < 4.78 is 0.956. The highest BCUT2D eigenvalue weighted by Crippen LogP contribution is 2.25. The molecule has 0 bridgehead atoms. The van der Waals surface area contributed by atoms with Gasteiger partial charge in [0, 0.05) is 28.0 Å². The van der Waals surface area contributed by atoms with Crippen molar-refractivity contribution in [2.75, 3.05) is 13.1 Å². The number of carbonyl (C=O) groups excluding carboxylic acids is 1. The average Bonchev–Trinajstić information content (AvgIpc) is 2.35. The molecule has 4 heteroatoms. The number of rotatable bonds is 1. The van der Waals surface area contributed by atoms with Crippen LogP contribution in [0.2, 0.25) is 0 Å². The number of benzene rings is 1. The molecular weight excluding hydrogens is 358 g/mol. The van der Waals surface area contributed by atoms with Crippen LogP contribution in [0, 0.1) is 12.8 Å². The van der Waals surface area contributed by atoms with E-state index in [-0.39, 0.29) is 5.91 Å². The molecule has 1 aromatic rings. The molecule has 2 rings (SSSR count). The number of carbonyl (C=O) groups is 1. The second-order valence-corrected chi connectivity index (χ2v) is 7.08. The van der Waals surface area contributed by atoms with Crippen LogP contribution < -0.4 is 0 Å². The van der Waals surface area contributed by atoms with E-state index >= 15 is 0 Å². The molecule has 0 aliphatic carbocycles. The first-order valence-electron chi connectivity index (χ1n) is 6.18. The molecule has 2 unspecified atom stereocenters. The Balaban J connectivity index is 2.19. The summed E-state index contributed by atoms with van der Waals surface area (Å²) in [5.41, 5.74) is 1.84. The number of aryl methyl sites for hydroxylation is 1. The summed E-state index contributed by atoms with van der Waals surface area (Å²) in [7, 11) is 0. The first kappa shape index (κ1) is 14.1. The number of hydrogen-bond donors (Lipinski definition) is 0. The lowest BCUT2D eigenvalue weighted by atomic mass is 9.98. The Hall–Kier alpha value is -0.350. The van der Waals surface area contributed by atoms with E-state index in [1.807, 2.05) is 30.0 Å². The zero-order valence-electron chi connectivity index (χ0n) is 10.6. The smallest absolute Gasteiger partial charge is 0.254 e. The molecular formula is C14H17Br2NO. The van der Waals surface area contributed by atoms with Gasteiger partial charge in [0.05, 0.1) is 0 Å². The van der Waals surface area contributed by atoms with E-state index in [0.717, 1.165) is 35.1 Å². The normalized spacial score (nSPS) is 24.1. The van der Waals surface area contributed by atoms with Gasteiger partial charge in [-0.25, -0.2) is 0 Å². The highest BCUT2D eigenvalue weighted by atomic mass is 79.9. The Morgan fingerprint density at radius 1 is 1.44 bits per heavy atom. The van der Waals surface area contributed by atoms with E-state index in [9.17, 15) is 4.79 Å². The van der Waals surface area contributed by atoms with Crippen molar-refractivity contribution >= 4 is 37.8 Å². The van der Waals surface area contributed by atoms with Crippen molar-refractivity contribution in [1.82, 2.24) is 4.90 Å². The number of halogens is 2. The van der Waals surface area contributed by atoms with Crippen LogP contribution in [0.4, 0.5) is 0 Å². The molecule has 0 N–H and O–H groups in total. The Morgan fingerprint density at radius 2 is 2.17 bits per heavy atom. The third-order valence-electron chi connectivity index (χ3n) is 3.58. The van der Waals surface area contributed by atoms with E-state index in [2.05, 4.69) is 38.8 Å². The van der Waals surface area contributed by atoms with Crippen molar-refractivity contribution in [3.8, 4) is 0 Å². The maximum Gasteiger partial charge on any atom is 0.254 e. The minimum absolute atomic E-state index is 0.144. The van der Waals surface area contributed by atoms with Gasteiger partial charge in [-0.2, -0.15) is 0 Å². The summed E-state index contributed by atoms with van der Waals surface area (Å²) in [5, 5.41) is 0. The number of piperidine rings is 1. The van der Waals surface area contributed by atoms with Crippen LogP contribution in [0.15, 0.2) is 22.7 Å². The van der Waals surface area contributed by atoms with Crippen LogP contribution in [0.5, 0.6) is 0 Å². The van der Waals surface area contributed by atoms with E-state index in [1.165, 1.54) is 0 Å². The first-order valence-corrected chi connectivity index (χ1v) is 7.89. The Morgan fingerprint density at radius 3 is 2.83 bits per heavy atom. The molecule has 2 atom stereocenters. The molecule has 1 aromatic carbocycles. The highest BCUT2D eigenvalue weighted by Gasteiger charge is 2.28. The van der Waals surface area contributed by atoms with Gasteiger partial charge in [-0.15, -0.1) is 0 Å². The van der Waals surface area contributed by atoms with Crippen LogP contribution in [-0.4, -0.2) is 28.7 Å². The third kappa shape index (κ3) is 2.97. The number of hydrogen-bond acceptors (Lipinski definition) is 1. The van der Waals surface area contributed by atoms with E-state index in [0.29, 0.717) is 10.7 Å². The van der Waals surface area contributed by atoms with Gasteiger partial charge in [0.1, 0.15) is 0 Å². The monoisotopic (exact) mass is 373 g/mol. The minimum Gasteiger partial charge on any atom is -0.337 e. The maximum absolute atomic E-state index is 12.5. The Bertz CT molecular complexity index is 461. The lowest BCUT2D eigenvalue weighted by Crippen LogP contribution is -2.43. The highest BCUT2D eigenvalue weighted by molar-refractivity contribution is 9.10. The van der Waals surface area contributed by atoms with Gasteiger partial charge in [0.15, 0.2) is 0 Å². The topological polar surface area (TPSA) is 20.3 Å². The van der Waals surface area contributed by atoms with Gasteiger partial charge in [0.2, 0.25) is 0 Å². The zero-order valence-corrected chi connectivity index (χ0v) is 13.8. The molecule has 98 valence electrons. The molecule has 2 nitrogen and oxygen atoms in total. The first-order chi connectivity index (χ1) is 8.49. The summed E-state index contributed by atoms with van der Waals surface area (Å²) in [6, 6.07) is 5.87. The van der Waals surface area contributed by atoms with Crippen LogP contribution >= 0.6 is 31.9 Å². The van der Waals surface area contributed by atoms with Crippen molar-refractivity contribution in [3.63, 3.8) is 0 Å². The summed E-state index contributed by atoms with van der Waals surface area (Å²) >= 11 is 7.09. The van der Waals surface area contributed by atoms with Crippen LogP contribution in [0.3, 0.4) is 0 Å². The second-order valence-electron chi connectivity index (χ2n) is 4.99. The SMILES string of the molecule is Cc1ccc(Br)cc1C(=O)N1CCC(C)C(Br)C1. The molecule has 1 amide bonds. The molecule has 0 radical (unpaired) electrons. The molecule has 0 spiro atoms. The fourth-order valence-corrected chi connectivity index (χ4v) is 3.18. The van der Waals surface area contributed by atoms with E-state index in [4.69, 9.17) is 0 Å². The van der Waals surface area contributed by atoms with Gasteiger partial charge in [-0.3, -0.25) is 4.79 Å². The predicted octanol–water partition coefficient (Wildman–Crippen LogP) is 4.00. The molecule has 1 aliphatic heterocycles. The molecule has 1 fully saturated rings. The molecule has 1 saturated heterocycles. The second kappa shape index (κ2) is 5.74. The van der Waals surface area contributed by atoms with Crippen molar-refractivity contribution < 1.29 is 4.79 Å². The summed E-state index contributed by atoms with van der Waals surface area (Å²) in [6.45, 7) is 5.86. The maximum atomic E-state index is 12.5. The summed E-state index contributed by atoms with van der Waals surface area (Å²) in [4.78, 5) is 14.9. The van der Waals surface area contributed by atoms with Crippen LogP contribution in [0.25, 0.3) is 0 Å². The minimum atomic E-state index is 0.144. The summed E-state index contributed by atoms with van der Waals surface area (Å²) in [6.07, 6.45) is 1.06. The van der Waals surface area contributed by atoms with Crippen LogP contribution in [0.1, 0.15) is 29.3 Å². The number of nitrogens with zero attached hydrogens (tertiary/aromatic N) is 1.